The monoisotopic (exact) mass is 590 g/mol. The first-order chi connectivity index (χ1) is 20.9. The van der Waals surface area contributed by atoms with E-state index in [1.807, 2.05) is 30.3 Å². The highest BCUT2D eigenvalue weighted by molar-refractivity contribution is 5.96. The molecule has 4 aliphatic rings. The average Bonchev–Trinajstić information content (AvgIpc) is 3.18. The van der Waals surface area contributed by atoms with Gasteiger partial charge in [-0.2, -0.15) is 0 Å². The topological polar surface area (TPSA) is 109 Å². The van der Waals surface area contributed by atoms with Gasteiger partial charge in [0.05, 0.1) is 12.3 Å². The molecule has 0 unspecified atom stereocenters. The number of carbonyl (C=O) groups excluding carboxylic acids is 2. The number of amides is 3. The standard InChI is InChI=1S/C31H35FN6O5/c1-42-16-15-36-13-14-37(31(36)41)25-17-24(32)8-7-23(25)18-33-28(39)26-27(43-20-22-5-3-2-4-6-22)29(40)38-19-21-9-11-35(12-10-21)30(38)34-26/h2-8,17,21H,9-16,18-20H2,1H3,(H,33,39). The largest absolute Gasteiger partial charge is 0.481 e. The minimum absolute atomic E-state index is 0.0136. The van der Waals surface area contributed by atoms with E-state index in [1.165, 1.54) is 17.0 Å². The number of rotatable bonds is 10. The van der Waals surface area contributed by atoms with E-state index in [4.69, 9.17) is 14.5 Å². The molecule has 0 atom stereocenters. The summed E-state index contributed by atoms with van der Waals surface area (Å²) >= 11 is 0. The third-order valence-corrected chi connectivity index (χ3v) is 8.32. The van der Waals surface area contributed by atoms with Crippen LogP contribution in [0.2, 0.25) is 0 Å². The minimum Gasteiger partial charge on any atom is -0.481 e. The summed E-state index contributed by atoms with van der Waals surface area (Å²) in [5, 5.41) is 2.85. The number of aromatic nitrogens is 2. The summed E-state index contributed by atoms with van der Waals surface area (Å²) in [6.45, 7) is 3.84. The fourth-order valence-corrected chi connectivity index (χ4v) is 5.93. The van der Waals surface area contributed by atoms with Crippen molar-refractivity contribution in [1.29, 1.82) is 0 Å². The number of fused-ring (bicyclic) bond motifs is 2. The molecule has 226 valence electrons. The van der Waals surface area contributed by atoms with Crippen LogP contribution in [0.4, 0.5) is 20.8 Å². The van der Waals surface area contributed by atoms with Crippen LogP contribution in [0.5, 0.6) is 5.75 Å². The molecule has 7 rings (SSSR count). The Bertz CT molecular complexity index is 1560. The first-order valence-electron chi connectivity index (χ1n) is 14.6. The van der Waals surface area contributed by atoms with Crippen LogP contribution >= 0.6 is 0 Å². The van der Waals surface area contributed by atoms with E-state index in [0.717, 1.165) is 31.5 Å². The summed E-state index contributed by atoms with van der Waals surface area (Å²) in [7, 11) is 1.57. The van der Waals surface area contributed by atoms with E-state index < -0.39 is 11.7 Å². The van der Waals surface area contributed by atoms with Gasteiger partial charge in [0.25, 0.3) is 11.5 Å². The maximum Gasteiger partial charge on any atom is 0.324 e. The second-order valence-electron chi connectivity index (χ2n) is 11.1. The Morgan fingerprint density at radius 3 is 2.63 bits per heavy atom. The van der Waals surface area contributed by atoms with Crippen molar-refractivity contribution in [3.63, 3.8) is 0 Å². The number of hydrogen-bond acceptors (Lipinski definition) is 7. The van der Waals surface area contributed by atoms with Gasteiger partial charge in [0.15, 0.2) is 5.69 Å². The van der Waals surface area contributed by atoms with Gasteiger partial charge in [-0.25, -0.2) is 14.2 Å². The molecule has 12 heteroatoms. The number of nitrogens with zero attached hydrogens (tertiary/aromatic N) is 5. The molecule has 0 aliphatic carbocycles. The van der Waals surface area contributed by atoms with Crippen molar-refractivity contribution in [2.75, 3.05) is 56.2 Å². The Balaban J connectivity index is 1.28. The van der Waals surface area contributed by atoms with E-state index in [2.05, 4.69) is 10.2 Å². The summed E-state index contributed by atoms with van der Waals surface area (Å²) in [6.07, 6.45) is 1.91. The SMILES string of the molecule is COCCN1CCN(c2cc(F)ccc2CNC(=O)c2nc3n(c(=O)c2OCc2ccccc2)CC2CCN3CC2)C1=O. The van der Waals surface area contributed by atoms with Crippen LogP contribution in [0, 0.1) is 11.7 Å². The molecule has 2 bridgehead atoms. The number of anilines is 2. The van der Waals surface area contributed by atoms with Crippen LogP contribution in [0.3, 0.4) is 0 Å². The molecular formula is C31H35FN6O5. The number of piperidine rings is 1. The summed E-state index contributed by atoms with van der Waals surface area (Å²) in [5.74, 6) is -0.337. The van der Waals surface area contributed by atoms with E-state index >= 15 is 0 Å². The quantitative estimate of drug-likeness (QED) is 0.387. The lowest BCUT2D eigenvalue weighted by molar-refractivity contribution is 0.0940. The Kier molecular flexibility index (Phi) is 8.28. The van der Waals surface area contributed by atoms with E-state index in [9.17, 15) is 18.8 Å². The van der Waals surface area contributed by atoms with E-state index in [1.54, 1.807) is 22.6 Å². The third kappa shape index (κ3) is 5.92. The number of hydrogen-bond donors (Lipinski definition) is 1. The Hall–Kier alpha value is -4.45. The number of urea groups is 1. The highest BCUT2D eigenvalue weighted by Crippen LogP contribution is 2.30. The number of ether oxygens (including phenoxy) is 2. The van der Waals surface area contributed by atoms with Crippen molar-refractivity contribution in [2.24, 2.45) is 5.92 Å². The smallest absolute Gasteiger partial charge is 0.324 e. The first kappa shape index (κ1) is 28.7. The molecule has 0 saturated carbocycles. The van der Waals surface area contributed by atoms with Crippen LogP contribution in [0.1, 0.15) is 34.5 Å². The molecule has 0 spiro atoms. The van der Waals surface area contributed by atoms with Crippen LogP contribution < -0.4 is 25.4 Å². The lowest BCUT2D eigenvalue weighted by Crippen LogP contribution is -2.36. The summed E-state index contributed by atoms with van der Waals surface area (Å²) in [5.41, 5.74) is 1.30. The maximum atomic E-state index is 14.4. The number of carbonyl (C=O) groups is 2. The van der Waals surface area contributed by atoms with Crippen molar-refractivity contribution in [2.45, 2.75) is 32.5 Å². The normalized spacial score (nSPS) is 16.4. The predicted molar refractivity (Wildman–Crippen MR) is 158 cm³/mol. The van der Waals surface area contributed by atoms with Gasteiger partial charge in [-0.1, -0.05) is 36.4 Å². The summed E-state index contributed by atoms with van der Waals surface area (Å²) in [6, 6.07) is 13.3. The van der Waals surface area contributed by atoms with Crippen molar-refractivity contribution < 1.29 is 23.5 Å². The fourth-order valence-electron chi connectivity index (χ4n) is 5.93. The van der Waals surface area contributed by atoms with Gasteiger partial charge < -0.3 is 24.6 Å². The number of nitrogens with one attached hydrogen (secondary N) is 1. The number of halogens is 1. The first-order valence-corrected chi connectivity index (χ1v) is 14.6. The second-order valence-corrected chi connectivity index (χ2v) is 11.1. The number of benzene rings is 2. The zero-order chi connectivity index (χ0) is 29.9. The molecule has 3 amide bonds. The van der Waals surface area contributed by atoms with Crippen molar-refractivity contribution >= 4 is 23.6 Å². The van der Waals surface area contributed by atoms with Crippen molar-refractivity contribution in [1.82, 2.24) is 19.8 Å². The molecule has 3 aromatic rings. The predicted octanol–water partition coefficient (Wildman–Crippen LogP) is 3.01. The second kappa shape index (κ2) is 12.4. The lowest BCUT2D eigenvalue weighted by atomic mass is 9.98. The molecule has 5 heterocycles. The molecule has 11 nitrogen and oxygen atoms in total. The minimum atomic E-state index is -0.590. The fraction of sp³-hybridized carbons (Fsp3) is 0.419. The van der Waals surface area contributed by atoms with Gasteiger partial charge in [-0.15, -0.1) is 0 Å². The van der Waals surface area contributed by atoms with E-state index in [0.29, 0.717) is 55.9 Å². The van der Waals surface area contributed by atoms with Crippen LogP contribution in [-0.4, -0.2) is 72.8 Å². The molecule has 4 aliphatic heterocycles. The van der Waals surface area contributed by atoms with Crippen LogP contribution in [-0.2, 0) is 24.4 Å². The summed E-state index contributed by atoms with van der Waals surface area (Å²) < 4.78 is 27.1. The molecule has 2 saturated heterocycles. The van der Waals surface area contributed by atoms with Crippen LogP contribution in [0.25, 0.3) is 0 Å². The van der Waals surface area contributed by atoms with Gasteiger partial charge in [0, 0.05) is 52.9 Å². The molecule has 1 N–H and O–H groups in total. The zero-order valence-corrected chi connectivity index (χ0v) is 24.1. The van der Waals surface area contributed by atoms with E-state index in [-0.39, 0.29) is 36.2 Å². The van der Waals surface area contributed by atoms with Gasteiger partial charge in [0.2, 0.25) is 11.7 Å². The van der Waals surface area contributed by atoms with Crippen LogP contribution in [0.15, 0.2) is 53.3 Å². The third-order valence-electron chi connectivity index (χ3n) is 8.32. The average molecular weight is 591 g/mol. The molecule has 2 aromatic carbocycles. The molecule has 2 fully saturated rings. The number of methoxy groups -OCH3 is 1. The Morgan fingerprint density at radius 2 is 1.86 bits per heavy atom. The molecule has 1 aromatic heterocycles. The molecular weight excluding hydrogens is 555 g/mol. The van der Waals surface area contributed by atoms with Gasteiger partial charge in [0.1, 0.15) is 12.4 Å². The molecule has 43 heavy (non-hydrogen) atoms. The Labute approximate surface area is 248 Å². The van der Waals surface area contributed by atoms with Crippen molar-refractivity contribution in [3.8, 4) is 5.75 Å². The van der Waals surface area contributed by atoms with Gasteiger partial charge in [-0.3, -0.25) is 19.1 Å². The maximum absolute atomic E-state index is 14.4. The van der Waals surface area contributed by atoms with Crippen molar-refractivity contribution in [3.05, 3.63) is 81.5 Å². The summed E-state index contributed by atoms with van der Waals surface area (Å²) in [4.78, 5) is 50.5. The highest BCUT2D eigenvalue weighted by Gasteiger charge is 2.34. The lowest BCUT2D eigenvalue weighted by Gasteiger charge is -2.27. The molecule has 0 radical (unpaired) electrons. The van der Waals surface area contributed by atoms with Gasteiger partial charge in [-0.05, 0) is 42.0 Å². The zero-order valence-electron chi connectivity index (χ0n) is 24.1. The van der Waals surface area contributed by atoms with Gasteiger partial charge >= 0.3 is 6.03 Å². The highest BCUT2D eigenvalue weighted by atomic mass is 19.1. The Morgan fingerprint density at radius 1 is 1.07 bits per heavy atom.